The summed E-state index contributed by atoms with van der Waals surface area (Å²) >= 11 is 0. The fraction of sp³-hybridized carbons (Fsp3) is 0.391. The van der Waals surface area contributed by atoms with Crippen molar-refractivity contribution in [2.75, 3.05) is 46.8 Å². The molecule has 34 heavy (non-hydrogen) atoms. The van der Waals surface area contributed by atoms with Crippen molar-refractivity contribution in [2.45, 2.75) is 17.7 Å². The van der Waals surface area contributed by atoms with Gasteiger partial charge >= 0.3 is 5.97 Å². The summed E-state index contributed by atoms with van der Waals surface area (Å²) in [5.74, 6) is -0.111. The first-order valence-electron chi connectivity index (χ1n) is 10.5. The van der Waals surface area contributed by atoms with E-state index in [0.29, 0.717) is 35.8 Å². The molecule has 11 heteroatoms. The van der Waals surface area contributed by atoms with Crippen molar-refractivity contribution < 1.29 is 37.0 Å². The van der Waals surface area contributed by atoms with Gasteiger partial charge in [0.2, 0.25) is 15.9 Å². The second-order valence-electron chi connectivity index (χ2n) is 7.59. The lowest BCUT2D eigenvalue weighted by atomic mass is 9.97. The summed E-state index contributed by atoms with van der Waals surface area (Å²) in [7, 11) is 1.87. The van der Waals surface area contributed by atoms with E-state index in [9.17, 15) is 18.0 Å². The molecule has 184 valence electrons. The second-order valence-corrected chi connectivity index (χ2v) is 9.53. The number of nitrogens with one attached hydrogen (secondary N) is 1. The average molecular weight is 493 g/mol. The van der Waals surface area contributed by atoms with E-state index >= 15 is 0 Å². The van der Waals surface area contributed by atoms with Crippen LogP contribution < -0.4 is 19.5 Å². The zero-order valence-corrected chi connectivity index (χ0v) is 20.3. The Morgan fingerprint density at radius 3 is 2.18 bits per heavy atom. The fourth-order valence-electron chi connectivity index (χ4n) is 3.76. The number of carbonyl (C=O) groups excluding carboxylic acids is 2. The van der Waals surface area contributed by atoms with Gasteiger partial charge in [-0.2, -0.15) is 4.31 Å². The maximum absolute atomic E-state index is 13.1. The first-order chi connectivity index (χ1) is 16.2. The molecule has 2 aromatic carbocycles. The molecule has 1 amide bonds. The van der Waals surface area contributed by atoms with Crippen LogP contribution in [0.15, 0.2) is 41.3 Å². The molecule has 1 heterocycles. The maximum atomic E-state index is 13.1. The number of methoxy groups -OCH3 is 4. The van der Waals surface area contributed by atoms with Crippen LogP contribution in [0.25, 0.3) is 0 Å². The number of nitrogens with zero attached hydrogens (tertiary/aromatic N) is 1. The van der Waals surface area contributed by atoms with Crippen LogP contribution in [-0.4, -0.2) is 66.1 Å². The molecule has 0 bridgehead atoms. The molecule has 1 N–H and O–H groups in total. The van der Waals surface area contributed by atoms with Crippen molar-refractivity contribution in [3.05, 3.63) is 42.0 Å². The fourth-order valence-corrected chi connectivity index (χ4v) is 5.24. The summed E-state index contributed by atoms with van der Waals surface area (Å²) < 4.78 is 47.9. The summed E-state index contributed by atoms with van der Waals surface area (Å²) in [6.45, 7) is 0.364. The first-order valence-corrected chi connectivity index (χ1v) is 12.0. The van der Waals surface area contributed by atoms with Crippen LogP contribution in [0.4, 0.5) is 5.69 Å². The molecule has 0 atom stereocenters. The van der Waals surface area contributed by atoms with E-state index in [-0.39, 0.29) is 29.5 Å². The molecule has 3 rings (SSSR count). The predicted molar refractivity (Wildman–Crippen MR) is 124 cm³/mol. The van der Waals surface area contributed by atoms with Gasteiger partial charge in [0.15, 0.2) is 11.5 Å². The van der Waals surface area contributed by atoms with Crippen LogP contribution in [0.1, 0.15) is 23.2 Å². The lowest BCUT2D eigenvalue weighted by molar-refractivity contribution is -0.120. The molecule has 0 radical (unpaired) electrons. The Morgan fingerprint density at radius 2 is 1.59 bits per heavy atom. The molecule has 0 unspecified atom stereocenters. The zero-order valence-electron chi connectivity index (χ0n) is 19.5. The molecule has 0 aliphatic carbocycles. The van der Waals surface area contributed by atoms with Crippen LogP contribution in [0.3, 0.4) is 0 Å². The number of rotatable bonds is 8. The highest BCUT2D eigenvalue weighted by atomic mass is 32.2. The molecule has 10 nitrogen and oxygen atoms in total. The lowest BCUT2D eigenvalue weighted by Gasteiger charge is -2.30. The first kappa shape index (κ1) is 25.3. The van der Waals surface area contributed by atoms with E-state index in [4.69, 9.17) is 18.9 Å². The number of anilines is 1. The highest BCUT2D eigenvalue weighted by Gasteiger charge is 2.33. The SMILES string of the molecule is COC(=O)c1cc(OC)ccc1NC(=O)C1CCN(S(=O)(=O)c2ccc(OC)c(OC)c2)CC1. The summed E-state index contributed by atoms with van der Waals surface area (Å²) in [6, 6.07) is 9.11. The maximum Gasteiger partial charge on any atom is 0.340 e. The summed E-state index contributed by atoms with van der Waals surface area (Å²) in [6.07, 6.45) is 0.671. The third kappa shape index (κ3) is 5.26. The molecule has 1 saturated heterocycles. The Hall–Kier alpha value is -3.31. The monoisotopic (exact) mass is 492 g/mol. The number of hydrogen-bond donors (Lipinski definition) is 1. The van der Waals surface area contributed by atoms with Gasteiger partial charge in [-0.15, -0.1) is 0 Å². The predicted octanol–water partition coefficient (Wildman–Crippen LogP) is 2.54. The van der Waals surface area contributed by atoms with Crippen LogP contribution in [0.2, 0.25) is 0 Å². The Morgan fingerprint density at radius 1 is 0.912 bits per heavy atom. The van der Waals surface area contributed by atoms with Gasteiger partial charge in [0.05, 0.1) is 44.6 Å². The lowest BCUT2D eigenvalue weighted by Crippen LogP contribution is -2.41. The van der Waals surface area contributed by atoms with E-state index in [1.165, 1.54) is 50.9 Å². The van der Waals surface area contributed by atoms with Crippen molar-refractivity contribution in [2.24, 2.45) is 5.92 Å². The average Bonchev–Trinajstić information content (AvgIpc) is 2.87. The van der Waals surface area contributed by atoms with Crippen molar-refractivity contribution in [3.8, 4) is 17.2 Å². The Balaban J connectivity index is 1.69. The molecule has 2 aromatic rings. The smallest absolute Gasteiger partial charge is 0.340 e. The number of piperidine rings is 1. The largest absolute Gasteiger partial charge is 0.497 e. The summed E-state index contributed by atoms with van der Waals surface area (Å²) in [4.78, 5) is 25.1. The van der Waals surface area contributed by atoms with Crippen molar-refractivity contribution in [1.29, 1.82) is 0 Å². The van der Waals surface area contributed by atoms with Crippen LogP contribution in [0, 0.1) is 5.92 Å². The Bertz CT molecular complexity index is 1160. The van der Waals surface area contributed by atoms with Gasteiger partial charge < -0.3 is 24.3 Å². The van der Waals surface area contributed by atoms with E-state index < -0.39 is 21.9 Å². The van der Waals surface area contributed by atoms with Gasteiger partial charge in [0, 0.05) is 25.1 Å². The van der Waals surface area contributed by atoms with Gasteiger partial charge in [-0.05, 0) is 43.2 Å². The molecule has 1 aliphatic heterocycles. The summed E-state index contributed by atoms with van der Waals surface area (Å²) in [5, 5.41) is 2.77. The number of amides is 1. The molecule has 1 fully saturated rings. The Labute approximate surface area is 198 Å². The van der Waals surface area contributed by atoms with Crippen molar-refractivity contribution in [1.82, 2.24) is 4.31 Å². The third-order valence-corrected chi connectivity index (χ3v) is 7.60. The molecule has 1 aliphatic rings. The highest BCUT2D eigenvalue weighted by molar-refractivity contribution is 7.89. The van der Waals surface area contributed by atoms with Crippen molar-refractivity contribution >= 4 is 27.6 Å². The number of ether oxygens (including phenoxy) is 4. The number of hydrogen-bond acceptors (Lipinski definition) is 8. The second kappa shape index (κ2) is 10.7. The number of carbonyl (C=O) groups is 2. The molecule has 0 spiro atoms. The molecule has 0 aromatic heterocycles. The molecular formula is C23H28N2O8S. The van der Waals surface area contributed by atoms with Gasteiger partial charge in [-0.3, -0.25) is 4.79 Å². The van der Waals surface area contributed by atoms with Gasteiger partial charge in [-0.25, -0.2) is 13.2 Å². The molecular weight excluding hydrogens is 464 g/mol. The van der Waals surface area contributed by atoms with Crippen molar-refractivity contribution in [3.63, 3.8) is 0 Å². The van der Waals surface area contributed by atoms with E-state index in [1.807, 2.05) is 0 Å². The number of sulfonamides is 1. The summed E-state index contributed by atoms with van der Waals surface area (Å²) in [5.41, 5.74) is 0.474. The van der Waals surface area contributed by atoms with Gasteiger partial charge in [0.1, 0.15) is 5.75 Å². The van der Waals surface area contributed by atoms with Gasteiger partial charge in [0.25, 0.3) is 0 Å². The highest BCUT2D eigenvalue weighted by Crippen LogP contribution is 2.32. The zero-order chi connectivity index (χ0) is 24.9. The van der Waals surface area contributed by atoms with Gasteiger partial charge in [-0.1, -0.05) is 0 Å². The van der Waals surface area contributed by atoms with Crippen LogP contribution in [-0.2, 0) is 19.6 Å². The minimum Gasteiger partial charge on any atom is -0.497 e. The van der Waals surface area contributed by atoms with E-state index in [2.05, 4.69) is 5.32 Å². The minimum absolute atomic E-state index is 0.0917. The third-order valence-electron chi connectivity index (χ3n) is 5.71. The topological polar surface area (TPSA) is 120 Å². The normalized spacial score (nSPS) is 14.8. The quantitative estimate of drug-likeness (QED) is 0.558. The van der Waals surface area contributed by atoms with Crippen LogP contribution in [0.5, 0.6) is 17.2 Å². The number of esters is 1. The standard InChI is InChI=1S/C23H28N2O8S/c1-30-16-5-7-19(18(13-16)23(27)33-4)24-22(26)15-9-11-25(12-10-15)34(28,29)17-6-8-20(31-2)21(14-17)32-3/h5-8,13-15H,9-12H2,1-4H3,(H,24,26). The molecule has 0 saturated carbocycles. The minimum atomic E-state index is -3.77. The Kier molecular flexibility index (Phi) is 8.00. The van der Waals surface area contributed by atoms with E-state index in [0.717, 1.165) is 0 Å². The van der Waals surface area contributed by atoms with Crippen LogP contribution >= 0.6 is 0 Å². The number of benzene rings is 2. The van der Waals surface area contributed by atoms with E-state index in [1.54, 1.807) is 18.2 Å².